The Morgan fingerprint density at radius 3 is 2.18 bits per heavy atom. The van der Waals surface area contributed by atoms with E-state index in [1.54, 1.807) is 0 Å². The van der Waals surface area contributed by atoms with Crippen LogP contribution in [0.4, 0.5) is 0 Å². The topological polar surface area (TPSA) is 119 Å². The minimum absolute atomic E-state index is 0.113. The van der Waals surface area contributed by atoms with E-state index >= 15 is 0 Å². The fourth-order valence-corrected chi connectivity index (χ4v) is 3.70. The third kappa shape index (κ3) is 5.34. The Morgan fingerprint density at radius 1 is 0.818 bits per heavy atom. The molecule has 0 aliphatic carbocycles. The zero-order valence-electron chi connectivity index (χ0n) is 18.1. The number of carboxylic acid groups (broad SMARTS) is 2. The standard InChI is InChI=1S/C25H25NO7/c27-21(28)9-3-5-13-31-16-11-12-20-19(15-16)23-24(33-20)17-7-1-2-8-18(17)25(26-23)32-14-6-4-10-22(29)30/h1-2,7-8,11-12,15H,3-6,9-10,13-14H2,(H,27,28)(H,29,30). The number of aromatic nitrogens is 1. The van der Waals surface area contributed by atoms with Gasteiger partial charge in [-0.3, -0.25) is 9.59 Å². The molecule has 0 amide bonds. The van der Waals surface area contributed by atoms with Crippen LogP contribution in [0.25, 0.3) is 32.8 Å². The molecule has 0 saturated carbocycles. The molecule has 4 aromatic rings. The van der Waals surface area contributed by atoms with E-state index in [2.05, 4.69) is 0 Å². The van der Waals surface area contributed by atoms with Gasteiger partial charge in [0, 0.05) is 23.6 Å². The maximum Gasteiger partial charge on any atom is 0.303 e. The summed E-state index contributed by atoms with van der Waals surface area (Å²) in [5, 5.41) is 20.0. The SMILES string of the molecule is O=C(O)CCCCOc1ccc2oc3c4ccccc4c(OCCCCC(=O)O)nc3c2c1. The van der Waals surface area contributed by atoms with Crippen molar-refractivity contribution in [3.8, 4) is 11.6 Å². The Kier molecular flexibility index (Phi) is 6.92. The van der Waals surface area contributed by atoms with Gasteiger partial charge in [0.05, 0.1) is 18.6 Å². The van der Waals surface area contributed by atoms with Crippen LogP contribution in [-0.2, 0) is 9.59 Å². The lowest BCUT2D eigenvalue weighted by Crippen LogP contribution is -2.02. The molecule has 172 valence electrons. The highest BCUT2D eigenvalue weighted by atomic mass is 16.5. The van der Waals surface area contributed by atoms with Crippen molar-refractivity contribution in [1.82, 2.24) is 4.98 Å². The molecule has 2 heterocycles. The zero-order chi connectivity index (χ0) is 23.2. The van der Waals surface area contributed by atoms with Crippen molar-refractivity contribution in [2.24, 2.45) is 0 Å². The van der Waals surface area contributed by atoms with Crippen molar-refractivity contribution < 1.29 is 33.7 Å². The van der Waals surface area contributed by atoms with Gasteiger partial charge in [-0.25, -0.2) is 4.98 Å². The van der Waals surface area contributed by atoms with Crippen molar-refractivity contribution >= 4 is 44.8 Å². The van der Waals surface area contributed by atoms with Crippen molar-refractivity contribution in [2.75, 3.05) is 13.2 Å². The number of furan rings is 1. The van der Waals surface area contributed by atoms with Gasteiger partial charge < -0.3 is 24.1 Å². The Morgan fingerprint density at radius 2 is 1.48 bits per heavy atom. The first-order valence-electron chi connectivity index (χ1n) is 11.0. The molecule has 4 rings (SSSR count). The lowest BCUT2D eigenvalue weighted by molar-refractivity contribution is -0.138. The van der Waals surface area contributed by atoms with Crippen LogP contribution >= 0.6 is 0 Å². The summed E-state index contributed by atoms with van der Waals surface area (Å²) in [6.07, 6.45) is 2.61. The Hall–Kier alpha value is -3.81. The highest BCUT2D eigenvalue weighted by Gasteiger charge is 2.16. The van der Waals surface area contributed by atoms with Crippen LogP contribution in [0.15, 0.2) is 46.9 Å². The Labute approximate surface area is 189 Å². The van der Waals surface area contributed by atoms with Gasteiger partial charge in [0.2, 0.25) is 5.88 Å². The fourth-order valence-electron chi connectivity index (χ4n) is 3.70. The van der Waals surface area contributed by atoms with Crippen molar-refractivity contribution in [2.45, 2.75) is 38.5 Å². The van der Waals surface area contributed by atoms with E-state index in [-0.39, 0.29) is 12.8 Å². The molecule has 0 aliphatic rings. The van der Waals surface area contributed by atoms with Crippen molar-refractivity contribution in [3.63, 3.8) is 0 Å². The largest absolute Gasteiger partial charge is 0.494 e. The van der Waals surface area contributed by atoms with Crippen LogP contribution in [0.2, 0.25) is 0 Å². The van der Waals surface area contributed by atoms with Gasteiger partial charge >= 0.3 is 11.9 Å². The first kappa shape index (κ1) is 22.4. The number of hydrogen-bond acceptors (Lipinski definition) is 6. The average Bonchev–Trinajstić information content (AvgIpc) is 3.16. The second-order valence-electron chi connectivity index (χ2n) is 7.80. The summed E-state index contributed by atoms with van der Waals surface area (Å²) in [4.78, 5) is 26.1. The summed E-state index contributed by atoms with van der Waals surface area (Å²) in [6.45, 7) is 0.798. The number of ether oxygens (including phenoxy) is 2. The van der Waals surface area contributed by atoms with E-state index in [1.165, 1.54) is 0 Å². The summed E-state index contributed by atoms with van der Waals surface area (Å²) >= 11 is 0. The molecule has 2 aromatic carbocycles. The first-order valence-corrected chi connectivity index (χ1v) is 11.0. The third-order valence-corrected chi connectivity index (χ3v) is 5.33. The maximum absolute atomic E-state index is 10.7. The number of aliphatic carboxylic acids is 2. The number of pyridine rings is 1. The van der Waals surface area contributed by atoms with Gasteiger partial charge in [-0.2, -0.15) is 0 Å². The van der Waals surface area contributed by atoms with Crippen LogP contribution in [0.1, 0.15) is 38.5 Å². The summed E-state index contributed by atoms with van der Waals surface area (Å²) < 4.78 is 17.9. The van der Waals surface area contributed by atoms with Crippen molar-refractivity contribution in [3.05, 3.63) is 42.5 Å². The molecule has 0 spiro atoms. The number of fused-ring (bicyclic) bond motifs is 5. The maximum atomic E-state index is 10.7. The van der Waals surface area contributed by atoms with E-state index < -0.39 is 11.9 Å². The Bertz CT molecular complexity index is 1290. The average molecular weight is 451 g/mol. The van der Waals surface area contributed by atoms with Crippen LogP contribution in [0.3, 0.4) is 0 Å². The molecule has 2 aromatic heterocycles. The molecular weight excluding hydrogens is 426 g/mol. The molecule has 0 atom stereocenters. The highest BCUT2D eigenvalue weighted by Crippen LogP contribution is 2.37. The van der Waals surface area contributed by atoms with E-state index in [4.69, 9.17) is 29.1 Å². The normalized spacial score (nSPS) is 11.3. The van der Waals surface area contributed by atoms with Gasteiger partial charge in [-0.05, 0) is 49.9 Å². The molecule has 33 heavy (non-hydrogen) atoms. The van der Waals surface area contributed by atoms with E-state index in [0.29, 0.717) is 67.2 Å². The second kappa shape index (κ2) is 10.2. The fraction of sp³-hybridized carbons (Fsp3) is 0.320. The molecular formula is C25H25NO7. The number of carboxylic acids is 2. The van der Waals surface area contributed by atoms with Gasteiger partial charge in [0.15, 0.2) is 5.58 Å². The minimum Gasteiger partial charge on any atom is -0.494 e. The molecule has 0 aliphatic heterocycles. The summed E-state index contributed by atoms with van der Waals surface area (Å²) in [6, 6.07) is 13.3. The smallest absolute Gasteiger partial charge is 0.303 e. The molecule has 0 fully saturated rings. The van der Waals surface area contributed by atoms with E-state index in [1.807, 2.05) is 42.5 Å². The number of unbranched alkanes of at least 4 members (excludes halogenated alkanes) is 2. The number of benzene rings is 2. The molecule has 0 bridgehead atoms. The monoisotopic (exact) mass is 451 g/mol. The number of nitrogens with zero attached hydrogens (tertiary/aromatic N) is 1. The van der Waals surface area contributed by atoms with Crippen LogP contribution in [0.5, 0.6) is 11.6 Å². The molecule has 0 unspecified atom stereocenters. The highest BCUT2D eigenvalue weighted by molar-refractivity contribution is 6.14. The summed E-state index contributed by atoms with van der Waals surface area (Å²) in [5.74, 6) is -0.480. The molecule has 8 heteroatoms. The molecule has 2 N–H and O–H groups in total. The van der Waals surface area contributed by atoms with Gasteiger partial charge in [0.25, 0.3) is 0 Å². The minimum atomic E-state index is -0.815. The van der Waals surface area contributed by atoms with Crippen LogP contribution in [-0.4, -0.2) is 40.3 Å². The Balaban J connectivity index is 1.59. The first-order chi connectivity index (χ1) is 16.0. The number of hydrogen-bond donors (Lipinski definition) is 2. The zero-order valence-corrected chi connectivity index (χ0v) is 18.1. The quantitative estimate of drug-likeness (QED) is 0.275. The number of rotatable bonds is 12. The van der Waals surface area contributed by atoms with Crippen LogP contribution < -0.4 is 9.47 Å². The second-order valence-corrected chi connectivity index (χ2v) is 7.80. The summed E-state index contributed by atoms with van der Waals surface area (Å²) in [7, 11) is 0. The lowest BCUT2D eigenvalue weighted by atomic mass is 10.1. The van der Waals surface area contributed by atoms with Crippen molar-refractivity contribution in [1.29, 1.82) is 0 Å². The van der Waals surface area contributed by atoms with Gasteiger partial charge in [-0.1, -0.05) is 18.2 Å². The van der Waals surface area contributed by atoms with Gasteiger partial charge in [-0.15, -0.1) is 0 Å². The van der Waals surface area contributed by atoms with Gasteiger partial charge in [0.1, 0.15) is 16.8 Å². The lowest BCUT2D eigenvalue weighted by Gasteiger charge is -2.09. The number of carbonyl (C=O) groups is 2. The predicted molar refractivity (Wildman–Crippen MR) is 123 cm³/mol. The third-order valence-electron chi connectivity index (χ3n) is 5.33. The van der Waals surface area contributed by atoms with Crippen LogP contribution in [0, 0.1) is 0 Å². The molecule has 8 nitrogen and oxygen atoms in total. The summed E-state index contributed by atoms with van der Waals surface area (Å²) in [5.41, 5.74) is 2.01. The van der Waals surface area contributed by atoms with E-state index in [9.17, 15) is 9.59 Å². The molecule has 0 radical (unpaired) electrons. The van der Waals surface area contributed by atoms with E-state index in [0.717, 1.165) is 16.2 Å². The molecule has 0 saturated heterocycles. The predicted octanol–water partition coefficient (Wildman–Crippen LogP) is 5.40.